The number of benzene rings is 1. The molecule has 1 unspecified atom stereocenters. The fourth-order valence-corrected chi connectivity index (χ4v) is 1.66. The van der Waals surface area contributed by atoms with Gasteiger partial charge in [0.2, 0.25) is 0 Å². The van der Waals surface area contributed by atoms with Crippen molar-refractivity contribution in [1.29, 1.82) is 0 Å². The first-order valence-electron chi connectivity index (χ1n) is 3.53. The zero-order chi connectivity index (χ0) is 10.0. The first-order valence-corrected chi connectivity index (χ1v) is 4.29. The van der Waals surface area contributed by atoms with E-state index in [2.05, 4.69) is 5.18 Å². The van der Waals surface area contributed by atoms with Gasteiger partial charge in [-0.2, -0.15) is 4.91 Å². The second-order valence-electron chi connectivity index (χ2n) is 2.54. The Morgan fingerprint density at radius 3 is 2.62 bits per heavy atom. The highest BCUT2D eigenvalue weighted by atomic mass is 35.5. The normalized spacial score (nSPS) is 12.6. The molecular formula is C8H6Cl2FNO. The highest BCUT2D eigenvalue weighted by Crippen LogP contribution is 2.33. The van der Waals surface area contributed by atoms with E-state index in [1.807, 2.05) is 0 Å². The summed E-state index contributed by atoms with van der Waals surface area (Å²) in [6, 6.07) is 1.75. The predicted octanol–water partition coefficient (Wildman–Crippen LogP) is 3.96. The van der Waals surface area contributed by atoms with Crippen molar-refractivity contribution in [1.82, 2.24) is 0 Å². The van der Waals surface area contributed by atoms with Crippen molar-refractivity contribution < 1.29 is 4.39 Å². The molecule has 0 saturated carbocycles. The van der Waals surface area contributed by atoms with Crippen LogP contribution in [0.25, 0.3) is 0 Å². The predicted molar refractivity (Wildman–Crippen MR) is 50.6 cm³/mol. The molecule has 0 amide bonds. The Bertz CT molecular complexity index is 343. The van der Waals surface area contributed by atoms with Crippen molar-refractivity contribution in [3.05, 3.63) is 38.5 Å². The first-order chi connectivity index (χ1) is 6.07. The molecule has 0 aromatic heterocycles. The minimum absolute atomic E-state index is 0.139. The average Bonchev–Trinajstić information content (AvgIpc) is 2.12. The standard InChI is InChI=1S/C8H6Cl2FNO/c1-4(12-13)7-5(9)2-3-6(11)8(7)10/h2-4H,1H3. The summed E-state index contributed by atoms with van der Waals surface area (Å²) in [7, 11) is 0. The van der Waals surface area contributed by atoms with Crippen molar-refractivity contribution >= 4 is 23.2 Å². The molecule has 2 nitrogen and oxygen atoms in total. The van der Waals surface area contributed by atoms with Gasteiger partial charge in [0, 0.05) is 10.6 Å². The molecule has 1 rings (SSSR count). The summed E-state index contributed by atoms with van der Waals surface area (Å²) in [6.45, 7) is 1.50. The minimum Gasteiger partial charge on any atom is -0.205 e. The van der Waals surface area contributed by atoms with E-state index in [9.17, 15) is 9.30 Å². The van der Waals surface area contributed by atoms with Gasteiger partial charge in [0.1, 0.15) is 11.9 Å². The number of hydrogen-bond acceptors (Lipinski definition) is 2. The van der Waals surface area contributed by atoms with Gasteiger partial charge in [0.15, 0.2) is 0 Å². The van der Waals surface area contributed by atoms with Crippen LogP contribution in [-0.4, -0.2) is 0 Å². The summed E-state index contributed by atoms with van der Waals surface area (Å²) in [6.07, 6.45) is 0. The molecule has 0 heterocycles. The molecule has 0 bridgehead atoms. The number of nitrogens with zero attached hydrogens (tertiary/aromatic N) is 1. The van der Waals surface area contributed by atoms with Crippen LogP contribution in [0.1, 0.15) is 18.5 Å². The second kappa shape index (κ2) is 4.03. The van der Waals surface area contributed by atoms with Gasteiger partial charge in [-0.15, -0.1) is 0 Å². The lowest BCUT2D eigenvalue weighted by Crippen LogP contribution is -1.94. The van der Waals surface area contributed by atoms with Crippen LogP contribution in [0.15, 0.2) is 17.3 Å². The van der Waals surface area contributed by atoms with Crippen molar-refractivity contribution in [3.8, 4) is 0 Å². The zero-order valence-corrected chi connectivity index (χ0v) is 8.23. The molecule has 0 spiro atoms. The Balaban J connectivity index is 3.32. The third-order valence-electron chi connectivity index (χ3n) is 1.66. The van der Waals surface area contributed by atoms with Gasteiger partial charge in [-0.25, -0.2) is 4.39 Å². The maximum absolute atomic E-state index is 12.9. The highest BCUT2D eigenvalue weighted by Gasteiger charge is 2.16. The van der Waals surface area contributed by atoms with Crippen LogP contribution in [-0.2, 0) is 0 Å². The van der Waals surface area contributed by atoms with E-state index in [0.29, 0.717) is 0 Å². The van der Waals surface area contributed by atoms with Crippen LogP contribution in [0, 0.1) is 10.7 Å². The highest BCUT2D eigenvalue weighted by molar-refractivity contribution is 6.36. The van der Waals surface area contributed by atoms with Crippen LogP contribution in [0.4, 0.5) is 4.39 Å². The molecule has 0 aliphatic carbocycles. The average molecular weight is 222 g/mol. The largest absolute Gasteiger partial charge is 0.205 e. The van der Waals surface area contributed by atoms with Gasteiger partial charge >= 0.3 is 0 Å². The molecule has 13 heavy (non-hydrogen) atoms. The quantitative estimate of drug-likeness (QED) is 0.550. The SMILES string of the molecule is CC(N=O)c1c(Cl)ccc(F)c1Cl. The summed E-state index contributed by atoms with van der Waals surface area (Å²) in [5.74, 6) is -0.600. The number of nitroso groups, excluding NO2 is 1. The van der Waals surface area contributed by atoms with E-state index in [0.717, 1.165) is 6.07 Å². The van der Waals surface area contributed by atoms with Crippen molar-refractivity contribution in [2.24, 2.45) is 5.18 Å². The molecule has 1 aromatic rings. The number of halogens is 3. The van der Waals surface area contributed by atoms with Crippen molar-refractivity contribution in [2.75, 3.05) is 0 Å². The molecule has 0 saturated heterocycles. The van der Waals surface area contributed by atoms with Crippen LogP contribution in [0.2, 0.25) is 10.0 Å². The smallest absolute Gasteiger partial charge is 0.142 e. The lowest BCUT2D eigenvalue weighted by atomic mass is 10.1. The maximum atomic E-state index is 12.9. The van der Waals surface area contributed by atoms with E-state index in [4.69, 9.17) is 23.2 Å². The van der Waals surface area contributed by atoms with Crippen molar-refractivity contribution in [2.45, 2.75) is 13.0 Å². The minimum atomic E-state index is -0.740. The second-order valence-corrected chi connectivity index (χ2v) is 3.32. The third-order valence-corrected chi connectivity index (χ3v) is 2.37. The van der Waals surface area contributed by atoms with Gasteiger partial charge in [-0.3, -0.25) is 0 Å². The van der Waals surface area contributed by atoms with E-state index in [1.54, 1.807) is 0 Å². The third kappa shape index (κ3) is 1.98. The molecular weight excluding hydrogens is 216 g/mol. The molecule has 0 radical (unpaired) electrons. The molecule has 0 N–H and O–H groups in total. The summed E-state index contributed by atoms with van der Waals surface area (Å²) in [5, 5.41) is 2.85. The summed E-state index contributed by atoms with van der Waals surface area (Å²) in [4.78, 5) is 10.2. The van der Waals surface area contributed by atoms with E-state index in [-0.39, 0.29) is 15.6 Å². The fourth-order valence-electron chi connectivity index (χ4n) is 0.978. The van der Waals surface area contributed by atoms with Crippen LogP contribution < -0.4 is 0 Å². The Kier molecular flexibility index (Phi) is 3.22. The fraction of sp³-hybridized carbons (Fsp3) is 0.250. The first kappa shape index (κ1) is 10.4. The summed E-state index contributed by atoms with van der Waals surface area (Å²) < 4.78 is 12.9. The molecule has 1 aromatic carbocycles. The zero-order valence-electron chi connectivity index (χ0n) is 6.72. The maximum Gasteiger partial charge on any atom is 0.142 e. The van der Waals surface area contributed by atoms with E-state index in [1.165, 1.54) is 13.0 Å². The Hall–Kier alpha value is -0.670. The number of rotatable bonds is 2. The molecule has 0 aliphatic rings. The summed E-state index contributed by atoms with van der Waals surface area (Å²) in [5.41, 5.74) is 0.235. The monoisotopic (exact) mass is 221 g/mol. The Labute approximate surface area is 84.6 Å². The number of hydrogen-bond donors (Lipinski definition) is 0. The molecule has 70 valence electrons. The molecule has 0 fully saturated rings. The van der Waals surface area contributed by atoms with Crippen LogP contribution in [0.3, 0.4) is 0 Å². The Morgan fingerprint density at radius 1 is 1.46 bits per heavy atom. The Morgan fingerprint density at radius 2 is 2.08 bits per heavy atom. The molecule has 5 heteroatoms. The molecule has 0 aliphatic heterocycles. The lowest BCUT2D eigenvalue weighted by molar-refractivity contribution is 0.623. The van der Waals surface area contributed by atoms with Crippen molar-refractivity contribution in [3.63, 3.8) is 0 Å². The van der Waals surface area contributed by atoms with E-state index < -0.39 is 11.9 Å². The topological polar surface area (TPSA) is 29.4 Å². The van der Waals surface area contributed by atoms with Gasteiger partial charge in [0.25, 0.3) is 0 Å². The summed E-state index contributed by atoms with van der Waals surface area (Å²) >= 11 is 11.3. The van der Waals surface area contributed by atoms with Gasteiger partial charge in [-0.1, -0.05) is 28.4 Å². The lowest BCUT2D eigenvalue weighted by Gasteiger charge is -2.08. The van der Waals surface area contributed by atoms with Gasteiger partial charge in [-0.05, 0) is 19.1 Å². The van der Waals surface area contributed by atoms with Crippen LogP contribution in [0.5, 0.6) is 0 Å². The van der Waals surface area contributed by atoms with Gasteiger partial charge in [0.05, 0.1) is 5.02 Å². The van der Waals surface area contributed by atoms with E-state index >= 15 is 0 Å². The van der Waals surface area contributed by atoms with Gasteiger partial charge < -0.3 is 0 Å². The van der Waals surface area contributed by atoms with Crippen LogP contribution >= 0.6 is 23.2 Å². The molecule has 1 atom stereocenters.